The van der Waals surface area contributed by atoms with E-state index in [0.717, 1.165) is 17.8 Å². The minimum atomic E-state index is -4.54. The second-order valence-electron chi connectivity index (χ2n) is 8.88. The summed E-state index contributed by atoms with van der Waals surface area (Å²) in [6.45, 7) is 4.66. The van der Waals surface area contributed by atoms with E-state index in [4.69, 9.17) is 4.74 Å². The highest BCUT2D eigenvalue weighted by Crippen LogP contribution is 2.31. The van der Waals surface area contributed by atoms with Crippen LogP contribution in [-0.2, 0) is 24.1 Å². The second-order valence-corrected chi connectivity index (χ2v) is 8.88. The molecule has 0 bridgehead atoms. The van der Waals surface area contributed by atoms with Crippen LogP contribution in [0.5, 0.6) is 0 Å². The number of pyridine rings is 1. The Bertz CT molecular complexity index is 1260. The molecular weight excluding hydrogens is 485 g/mol. The van der Waals surface area contributed by atoms with E-state index in [9.17, 15) is 22.8 Å². The smallest absolute Gasteiger partial charge is 0.373 e. The van der Waals surface area contributed by atoms with Gasteiger partial charge < -0.3 is 19.9 Å². The third kappa shape index (κ3) is 5.85. The van der Waals surface area contributed by atoms with Crippen molar-refractivity contribution in [2.75, 3.05) is 6.61 Å². The van der Waals surface area contributed by atoms with Crippen molar-refractivity contribution in [1.82, 2.24) is 20.2 Å². The number of fused-ring (bicyclic) bond motifs is 1. The van der Waals surface area contributed by atoms with Gasteiger partial charge in [0.15, 0.2) is 0 Å². The molecule has 1 aliphatic rings. The molecule has 4 rings (SSSR count). The van der Waals surface area contributed by atoms with Crippen LogP contribution in [0.3, 0.4) is 0 Å². The number of hydrogen-bond donors (Lipinski definition) is 2. The zero-order valence-electron chi connectivity index (χ0n) is 20.6. The van der Waals surface area contributed by atoms with E-state index in [1.807, 2.05) is 37.3 Å². The van der Waals surface area contributed by atoms with Gasteiger partial charge in [-0.15, -0.1) is 0 Å². The average Bonchev–Trinajstić information content (AvgIpc) is 3.30. The Kier molecular flexibility index (Phi) is 7.97. The molecule has 1 aliphatic heterocycles. The first kappa shape index (κ1) is 26.4. The van der Waals surface area contributed by atoms with Gasteiger partial charge in [0.25, 0.3) is 11.8 Å². The SMILES string of the molecule is CCC(NC(=O)c1cc(C(=O)NC(CC)c2cncc(C(F)(F)F)c2)n2c1COCC2)c1ccccc1. The molecule has 7 nitrogen and oxygen atoms in total. The molecule has 2 unspecified atom stereocenters. The number of alkyl halides is 3. The highest BCUT2D eigenvalue weighted by atomic mass is 19.4. The molecule has 0 radical (unpaired) electrons. The summed E-state index contributed by atoms with van der Waals surface area (Å²) in [5.41, 5.74) is 1.54. The van der Waals surface area contributed by atoms with Crippen LogP contribution in [-0.4, -0.2) is 28.0 Å². The van der Waals surface area contributed by atoms with Gasteiger partial charge in [-0.1, -0.05) is 44.2 Å². The number of carbonyl (C=O) groups is 2. The van der Waals surface area contributed by atoms with Gasteiger partial charge >= 0.3 is 6.18 Å². The molecule has 2 atom stereocenters. The number of hydrogen-bond acceptors (Lipinski definition) is 4. The van der Waals surface area contributed by atoms with Crippen molar-refractivity contribution in [2.45, 2.75) is 58.1 Å². The first-order valence-electron chi connectivity index (χ1n) is 12.2. The third-order valence-corrected chi connectivity index (χ3v) is 6.50. The van der Waals surface area contributed by atoms with Gasteiger partial charge in [0.1, 0.15) is 5.69 Å². The summed E-state index contributed by atoms with van der Waals surface area (Å²) >= 11 is 0. The van der Waals surface area contributed by atoms with Crippen LogP contribution in [0.25, 0.3) is 0 Å². The van der Waals surface area contributed by atoms with Crippen molar-refractivity contribution in [3.05, 3.63) is 88.5 Å². The second kappa shape index (κ2) is 11.2. The Balaban J connectivity index is 1.59. The highest BCUT2D eigenvalue weighted by molar-refractivity contribution is 6.01. The summed E-state index contributed by atoms with van der Waals surface area (Å²) in [5.74, 6) is -0.806. The summed E-state index contributed by atoms with van der Waals surface area (Å²) in [4.78, 5) is 30.3. The van der Waals surface area contributed by atoms with E-state index in [1.165, 1.54) is 12.3 Å². The number of nitrogens with one attached hydrogen (secondary N) is 2. The van der Waals surface area contributed by atoms with Crippen LogP contribution in [0.2, 0.25) is 0 Å². The van der Waals surface area contributed by atoms with E-state index in [1.54, 1.807) is 11.5 Å². The lowest BCUT2D eigenvalue weighted by Crippen LogP contribution is -2.32. The van der Waals surface area contributed by atoms with Gasteiger partial charge in [0.05, 0.1) is 42.1 Å². The number of benzene rings is 1. The Labute approximate surface area is 213 Å². The maximum atomic E-state index is 13.3. The molecule has 0 spiro atoms. The molecule has 0 fully saturated rings. The molecule has 2 amide bonds. The van der Waals surface area contributed by atoms with Crippen molar-refractivity contribution in [3.63, 3.8) is 0 Å². The van der Waals surface area contributed by atoms with E-state index < -0.39 is 23.7 Å². The molecule has 10 heteroatoms. The molecule has 0 saturated heterocycles. The van der Waals surface area contributed by atoms with Crippen molar-refractivity contribution < 1.29 is 27.5 Å². The first-order valence-corrected chi connectivity index (χ1v) is 12.2. The lowest BCUT2D eigenvalue weighted by Gasteiger charge is -2.22. The molecule has 0 aliphatic carbocycles. The van der Waals surface area contributed by atoms with Gasteiger partial charge in [-0.25, -0.2) is 0 Å². The third-order valence-electron chi connectivity index (χ3n) is 6.50. The van der Waals surface area contributed by atoms with E-state index in [2.05, 4.69) is 15.6 Å². The normalized spacial score (nSPS) is 14.9. The molecule has 37 heavy (non-hydrogen) atoms. The monoisotopic (exact) mass is 514 g/mol. The molecule has 0 saturated carbocycles. The maximum absolute atomic E-state index is 13.3. The van der Waals surface area contributed by atoms with Crippen LogP contribution in [0.1, 0.15) is 82.0 Å². The minimum absolute atomic E-state index is 0.174. The predicted octanol–water partition coefficient (Wildman–Crippen LogP) is 5.19. The molecule has 2 N–H and O–H groups in total. The summed E-state index contributed by atoms with van der Waals surface area (Å²) < 4.78 is 46.8. The first-order chi connectivity index (χ1) is 17.7. The fourth-order valence-corrected chi connectivity index (χ4v) is 4.51. The lowest BCUT2D eigenvalue weighted by molar-refractivity contribution is -0.137. The Morgan fingerprint density at radius 1 is 1.00 bits per heavy atom. The zero-order valence-corrected chi connectivity index (χ0v) is 20.6. The summed E-state index contributed by atoms with van der Waals surface area (Å²) in [5, 5.41) is 5.86. The minimum Gasteiger partial charge on any atom is -0.373 e. The number of halogens is 3. The Morgan fingerprint density at radius 2 is 1.68 bits per heavy atom. The predicted molar refractivity (Wildman–Crippen MR) is 131 cm³/mol. The molecule has 196 valence electrons. The van der Waals surface area contributed by atoms with Gasteiger partial charge in [0.2, 0.25) is 0 Å². The largest absolute Gasteiger partial charge is 0.417 e. The maximum Gasteiger partial charge on any atom is 0.417 e. The van der Waals surface area contributed by atoms with Crippen LogP contribution in [0.4, 0.5) is 13.2 Å². The highest BCUT2D eigenvalue weighted by Gasteiger charge is 2.32. The summed E-state index contributed by atoms with van der Waals surface area (Å²) in [6.07, 6.45) is -1.43. The van der Waals surface area contributed by atoms with Gasteiger partial charge in [-0.3, -0.25) is 14.6 Å². The standard InChI is InChI=1S/C27H29F3N4O3/c1-3-21(17-8-6-5-7-9-17)32-25(35)20-13-23(34-10-11-37-16-24(20)34)26(36)33-22(4-2)18-12-19(15-31-14-18)27(28,29)30/h5-9,12-15,21-22H,3-4,10-11,16H2,1-2H3,(H,32,35)(H,33,36). The van der Waals surface area contributed by atoms with Crippen molar-refractivity contribution in [3.8, 4) is 0 Å². The van der Waals surface area contributed by atoms with Gasteiger partial charge in [0, 0.05) is 18.9 Å². The quantitative estimate of drug-likeness (QED) is 0.433. The molecule has 3 heterocycles. The van der Waals surface area contributed by atoms with Crippen molar-refractivity contribution >= 4 is 11.8 Å². The Morgan fingerprint density at radius 3 is 2.35 bits per heavy atom. The van der Waals surface area contributed by atoms with Crippen LogP contribution in [0, 0.1) is 0 Å². The average molecular weight is 515 g/mol. The topological polar surface area (TPSA) is 85.3 Å². The number of rotatable bonds is 8. The van der Waals surface area contributed by atoms with Crippen molar-refractivity contribution in [1.29, 1.82) is 0 Å². The molecular formula is C27H29F3N4O3. The lowest BCUT2D eigenvalue weighted by atomic mass is 10.0. The van der Waals surface area contributed by atoms with E-state index >= 15 is 0 Å². The summed E-state index contributed by atoms with van der Waals surface area (Å²) in [6, 6.07) is 11.2. The number of carbonyl (C=O) groups excluding carboxylic acids is 2. The van der Waals surface area contributed by atoms with E-state index in [-0.39, 0.29) is 29.8 Å². The number of amides is 2. The summed E-state index contributed by atoms with van der Waals surface area (Å²) in [7, 11) is 0. The number of ether oxygens (including phenoxy) is 1. The van der Waals surface area contributed by atoms with Crippen LogP contribution >= 0.6 is 0 Å². The fraction of sp³-hybridized carbons (Fsp3) is 0.370. The van der Waals surface area contributed by atoms with Crippen LogP contribution < -0.4 is 10.6 Å². The molecule has 1 aromatic carbocycles. The Hall–Kier alpha value is -3.66. The fourth-order valence-electron chi connectivity index (χ4n) is 4.51. The number of aromatic nitrogens is 2. The molecule has 2 aromatic heterocycles. The van der Waals surface area contributed by atoms with Gasteiger partial charge in [-0.2, -0.15) is 13.2 Å². The molecule has 3 aromatic rings. The van der Waals surface area contributed by atoms with Gasteiger partial charge in [-0.05, 0) is 36.1 Å². The van der Waals surface area contributed by atoms with Crippen LogP contribution in [0.15, 0.2) is 54.9 Å². The zero-order chi connectivity index (χ0) is 26.6. The van der Waals surface area contributed by atoms with E-state index in [0.29, 0.717) is 37.3 Å². The number of nitrogens with zero attached hydrogens (tertiary/aromatic N) is 2. The van der Waals surface area contributed by atoms with Crippen molar-refractivity contribution in [2.24, 2.45) is 0 Å².